The van der Waals surface area contributed by atoms with E-state index in [1.54, 1.807) is 36.9 Å². The zero-order valence-electron chi connectivity index (χ0n) is 16.0. The number of fused-ring (bicyclic) bond motifs is 1. The maximum Gasteiger partial charge on any atom is 0.176 e. The topological polar surface area (TPSA) is 31.6 Å². The lowest BCUT2D eigenvalue weighted by Crippen LogP contribution is -1.86. The lowest BCUT2D eigenvalue weighted by Gasteiger charge is -2.03. The van der Waals surface area contributed by atoms with E-state index in [9.17, 15) is 0 Å². The maximum absolute atomic E-state index is 6.13. The highest BCUT2D eigenvalue weighted by Crippen LogP contribution is 2.43. The van der Waals surface area contributed by atoms with E-state index in [4.69, 9.17) is 13.9 Å². The smallest absolute Gasteiger partial charge is 0.176 e. The molecular weight excluding hydrogens is 400 g/mol. The second kappa shape index (κ2) is 7.43. The Kier molecular flexibility index (Phi) is 4.62. The highest BCUT2D eigenvalue weighted by Gasteiger charge is 2.15. The first-order chi connectivity index (χ1) is 14.2. The summed E-state index contributed by atoms with van der Waals surface area (Å²) in [4.78, 5) is 4.86. The van der Waals surface area contributed by atoms with Crippen LogP contribution in [0.3, 0.4) is 0 Å². The molecule has 3 nitrogen and oxygen atoms in total. The number of furan rings is 1. The van der Waals surface area contributed by atoms with Crippen molar-refractivity contribution in [3.63, 3.8) is 0 Å². The molecule has 3 heterocycles. The SMILES string of the molecule is COc1cc(OC)c2oc(-c3ccc(-c4ccc(-c5ccccc5)s4)s3)cc2c1. The molecule has 3 aromatic heterocycles. The Morgan fingerprint density at radius 3 is 2.10 bits per heavy atom. The van der Waals surface area contributed by atoms with Crippen molar-refractivity contribution in [2.45, 2.75) is 0 Å². The van der Waals surface area contributed by atoms with Crippen LogP contribution >= 0.6 is 22.7 Å². The van der Waals surface area contributed by atoms with Crippen molar-refractivity contribution in [1.82, 2.24) is 0 Å². The fourth-order valence-electron chi connectivity index (χ4n) is 3.32. The van der Waals surface area contributed by atoms with Crippen LogP contribution in [-0.2, 0) is 0 Å². The van der Waals surface area contributed by atoms with Gasteiger partial charge in [0.1, 0.15) is 11.5 Å². The first-order valence-corrected chi connectivity index (χ1v) is 10.8. The number of methoxy groups -OCH3 is 2. The molecular formula is C24H18O3S2. The minimum Gasteiger partial charge on any atom is -0.497 e. The molecule has 0 aliphatic heterocycles. The molecule has 0 aliphatic rings. The van der Waals surface area contributed by atoms with Crippen LogP contribution in [0.2, 0.25) is 0 Å². The average molecular weight is 419 g/mol. The van der Waals surface area contributed by atoms with Gasteiger partial charge in [-0.1, -0.05) is 30.3 Å². The van der Waals surface area contributed by atoms with E-state index in [-0.39, 0.29) is 0 Å². The summed E-state index contributed by atoms with van der Waals surface area (Å²) in [5, 5.41) is 0.966. The van der Waals surface area contributed by atoms with Gasteiger partial charge in [-0.05, 0) is 42.0 Å². The summed E-state index contributed by atoms with van der Waals surface area (Å²) in [6.07, 6.45) is 0. The molecule has 5 rings (SSSR count). The predicted molar refractivity (Wildman–Crippen MR) is 121 cm³/mol. The second-order valence-corrected chi connectivity index (χ2v) is 8.72. The number of benzene rings is 2. The number of rotatable bonds is 5. The van der Waals surface area contributed by atoms with E-state index >= 15 is 0 Å². The zero-order valence-corrected chi connectivity index (χ0v) is 17.6. The van der Waals surface area contributed by atoms with Crippen molar-refractivity contribution in [3.8, 4) is 42.3 Å². The van der Waals surface area contributed by atoms with Crippen molar-refractivity contribution < 1.29 is 13.9 Å². The molecule has 0 N–H and O–H groups in total. The Bertz CT molecular complexity index is 1280. The van der Waals surface area contributed by atoms with Gasteiger partial charge >= 0.3 is 0 Å². The van der Waals surface area contributed by atoms with Crippen LogP contribution < -0.4 is 9.47 Å². The largest absolute Gasteiger partial charge is 0.497 e. The minimum absolute atomic E-state index is 0.674. The Morgan fingerprint density at radius 2 is 1.38 bits per heavy atom. The van der Waals surface area contributed by atoms with E-state index in [1.807, 2.05) is 24.3 Å². The minimum atomic E-state index is 0.674. The molecule has 0 fully saturated rings. The summed E-state index contributed by atoms with van der Waals surface area (Å²) in [6, 6.07) is 25.0. The summed E-state index contributed by atoms with van der Waals surface area (Å²) in [6.45, 7) is 0. The monoisotopic (exact) mass is 418 g/mol. The van der Waals surface area contributed by atoms with Crippen LogP contribution in [0.1, 0.15) is 0 Å². The summed E-state index contributed by atoms with van der Waals surface area (Å²) in [5.41, 5.74) is 1.99. The Hall–Kier alpha value is -3.02. The summed E-state index contributed by atoms with van der Waals surface area (Å²) < 4.78 is 17.0. The van der Waals surface area contributed by atoms with Gasteiger partial charge in [-0.2, -0.15) is 0 Å². The summed E-state index contributed by atoms with van der Waals surface area (Å²) >= 11 is 3.54. The normalized spacial score (nSPS) is 11.1. The zero-order chi connectivity index (χ0) is 19.8. The van der Waals surface area contributed by atoms with E-state index in [0.29, 0.717) is 5.75 Å². The highest BCUT2D eigenvalue weighted by atomic mass is 32.1. The number of hydrogen-bond acceptors (Lipinski definition) is 5. The van der Waals surface area contributed by atoms with E-state index in [1.165, 1.54) is 20.2 Å². The van der Waals surface area contributed by atoms with Crippen molar-refractivity contribution in [3.05, 3.63) is 72.8 Å². The van der Waals surface area contributed by atoms with E-state index < -0.39 is 0 Å². The molecule has 0 atom stereocenters. The molecule has 2 aromatic carbocycles. The number of ether oxygens (including phenoxy) is 2. The maximum atomic E-state index is 6.13. The molecule has 0 amide bonds. The van der Waals surface area contributed by atoms with Gasteiger partial charge in [-0.15, -0.1) is 22.7 Å². The molecule has 0 saturated heterocycles. The first kappa shape index (κ1) is 18.0. The van der Waals surface area contributed by atoms with E-state index in [0.717, 1.165) is 27.4 Å². The fraction of sp³-hybridized carbons (Fsp3) is 0.0833. The third-order valence-electron chi connectivity index (χ3n) is 4.77. The highest BCUT2D eigenvalue weighted by molar-refractivity contribution is 7.25. The van der Waals surface area contributed by atoms with Crippen molar-refractivity contribution in [2.24, 2.45) is 0 Å². The lowest BCUT2D eigenvalue weighted by atomic mass is 10.2. The van der Waals surface area contributed by atoms with Gasteiger partial charge in [-0.3, -0.25) is 0 Å². The molecule has 0 spiro atoms. The third-order valence-corrected chi connectivity index (χ3v) is 7.20. The van der Waals surface area contributed by atoms with Crippen molar-refractivity contribution in [1.29, 1.82) is 0 Å². The standard InChI is InChI=1S/C24H18O3S2/c1-25-17-12-16-13-18(27-24(16)19(14-17)26-2)21-9-11-23(29-21)22-10-8-20(28-22)15-6-4-3-5-7-15/h3-14H,1-2H3. The second-order valence-electron chi connectivity index (χ2n) is 6.55. The van der Waals surface area contributed by atoms with Crippen LogP contribution in [0, 0.1) is 0 Å². The van der Waals surface area contributed by atoms with Crippen molar-refractivity contribution >= 4 is 33.6 Å². The van der Waals surface area contributed by atoms with Gasteiger partial charge in [0, 0.05) is 26.1 Å². The van der Waals surface area contributed by atoms with Gasteiger partial charge in [0.15, 0.2) is 11.3 Å². The molecule has 29 heavy (non-hydrogen) atoms. The number of thiophene rings is 2. The fourth-order valence-corrected chi connectivity index (χ4v) is 5.38. The molecule has 5 heteroatoms. The van der Waals surface area contributed by atoms with Crippen LogP contribution in [0.4, 0.5) is 0 Å². The first-order valence-electron chi connectivity index (χ1n) is 9.16. The van der Waals surface area contributed by atoms with Crippen LogP contribution in [-0.4, -0.2) is 14.2 Å². The van der Waals surface area contributed by atoms with Gasteiger partial charge in [0.25, 0.3) is 0 Å². The molecule has 0 unspecified atom stereocenters. The molecule has 144 valence electrons. The average Bonchev–Trinajstić information content (AvgIpc) is 3.51. The Morgan fingerprint density at radius 1 is 0.690 bits per heavy atom. The van der Waals surface area contributed by atoms with E-state index in [2.05, 4.69) is 48.5 Å². The molecule has 0 aliphatic carbocycles. The molecule has 0 bridgehead atoms. The quantitative estimate of drug-likeness (QED) is 0.295. The summed E-state index contributed by atoms with van der Waals surface area (Å²) in [5.74, 6) is 2.26. The lowest BCUT2D eigenvalue weighted by molar-refractivity contribution is 0.393. The predicted octanol–water partition coefficient (Wildman–Crippen LogP) is 7.57. The Balaban J connectivity index is 1.50. The number of hydrogen-bond donors (Lipinski definition) is 0. The van der Waals surface area contributed by atoms with Gasteiger partial charge in [0.05, 0.1) is 19.1 Å². The van der Waals surface area contributed by atoms with Crippen LogP contribution in [0.15, 0.2) is 77.2 Å². The van der Waals surface area contributed by atoms with Crippen LogP contribution in [0.25, 0.3) is 41.8 Å². The molecule has 0 radical (unpaired) electrons. The third kappa shape index (κ3) is 3.33. The van der Waals surface area contributed by atoms with Gasteiger partial charge in [-0.25, -0.2) is 0 Å². The van der Waals surface area contributed by atoms with Gasteiger partial charge < -0.3 is 13.9 Å². The Labute approximate surface area is 176 Å². The van der Waals surface area contributed by atoms with Gasteiger partial charge in [0.2, 0.25) is 0 Å². The molecule has 5 aromatic rings. The van der Waals surface area contributed by atoms with Crippen LogP contribution in [0.5, 0.6) is 11.5 Å². The van der Waals surface area contributed by atoms with Crippen molar-refractivity contribution in [2.75, 3.05) is 14.2 Å². The summed E-state index contributed by atoms with van der Waals surface area (Å²) in [7, 11) is 3.29. The molecule has 0 saturated carbocycles.